The second-order valence-corrected chi connectivity index (χ2v) is 8.82. The fraction of sp³-hybridized carbons (Fsp3) is 0.571. The van der Waals surface area contributed by atoms with Gasteiger partial charge in [-0.2, -0.15) is 0 Å². The van der Waals surface area contributed by atoms with E-state index in [1.807, 2.05) is 20.8 Å². The molecule has 4 heteroatoms. The summed E-state index contributed by atoms with van der Waals surface area (Å²) in [4.78, 5) is 0. The average molecular weight is 330 g/mol. The fourth-order valence-corrected chi connectivity index (χ4v) is 4.03. The summed E-state index contributed by atoms with van der Waals surface area (Å²) >= 11 is 2.53. The predicted molar refractivity (Wildman–Crippen MR) is 80.7 cm³/mol. The van der Waals surface area contributed by atoms with Gasteiger partial charge in [0.25, 0.3) is 0 Å². The highest BCUT2D eigenvalue weighted by Crippen LogP contribution is 2.37. The van der Waals surface area contributed by atoms with Gasteiger partial charge in [-0.05, 0) is 51.3 Å². The first-order valence-electron chi connectivity index (χ1n) is 6.34. The molecule has 0 amide bonds. The quantitative estimate of drug-likeness (QED) is 0.765. The number of rotatable bonds is 2. The van der Waals surface area contributed by atoms with Crippen LogP contribution in [-0.4, -0.2) is 20.1 Å². The van der Waals surface area contributed by atoms with Crippen LogP contribution in [-0.2, 0) is 11.4 Å². The third-order valence-electron chi connectivity index (χ3n) is 3.20. The van der Waals surface area contributed by atoms with Crippen LogP contribution in [0, 0.1) is 0 Å². The molecule has 0 aliphatic carbocycles. The first-order valence-corrected chi connectivity index (χ1v) is 8.23. The molecule has 18 heavy (non-hydrogen) atoms. The Balaban J connectivity index is 2.20. The minimum atomic E-state index is -0.927. The Labute approximate surface area is 121 Å². The summed E-state index contributed by atoms with van der Waals surface area (Å²) in [6.07, 6.45) is 2.23. The third kappa shape index (κ3) is 3.10. The van der Waals surface area contributed by atoms with Crippen LogP contribution < -0.4 is 0 Å². The SMILES string of the molecule is CC(C)(C)[S@+]([O-])N1CCCC1c1ccc(Br)cc1. The molecule has 1 aromatic carbocycles. The maximum absolute atomic E-state index is 12.5. The van der Waals surface area contributed by atoms with Crippen LogP contribution in [0.1, 0.15) is 45.2 Å². The highest BCUT2D eigenvalue weighted by atomic mass is 79.9. The van der Waals surface area contributed by atoms with Crippen molar-refractivity contribution in [2.24, 2.45) is 0 Å². The molecule has 0 N–H and O–H groups in total. The number of halogens is 1. The van der Waals surface area contributed by atoms with Crippen molar-refractivity contribution in [3.8, 4) is 0 Å². The second-order valence-electron chi connectivity index (χ2n) is 5.71. The molecule has 100 valence electrons. The number of nitrogens with zero attached hydrogens (tertiary/aromatic N) is 1. The normalized spacial score (nSPS) is 23.3. The maximum Gasteiger partial charge on any atom is 0.137 e. The highest BCUT2D eigenvalue weighted by molar-refractivity contribution is 9.10. The lowest BCUT2D eigenvalue weighted by atomic mass is 10.1. The van der Waals surface area contributed by atoms with Gasteiger partial charge in [0.1, 0.15) is 4.75 Å². The lowest BCUT2D eigenvalue weighted by Gasteiger charge is -2.33. The van der Waals surface area contributed by atoms with E-state index in [2.05, 4.69) is 44.5 Å². The minimum Gasteiger partial charge on any atom is -0.597 e. The Morgan fingerprint density at radius 2 is 1.89 bits per heavy atom. The summed E-state index contributed by atoms with van der Waals surface area (Å²) in [5.74, 6) is 0. The van der Waals surface area contributed by atoms with Crippen molar-refractivity contribution in [3.63, 3.8) is 0 Å². The average Bonchev–Trinajstić information content (AvgIpc) is 2.76. The first-order chi connectivity index (χ1) is 8.39. The van der Waals surface area contributed by atoms with Gasteiger partial charge in [0, 0.05) is 22.4 Å². The van der Waals surface area contributed by atoms with E-state index in [0.717, 1.165) is 23.9 Å². The summed E-state index contributed by atoms with van der Waals surface area (Å²) in [5.41, 5.74) is 1.27. The summed E-state index contributed by atoms with van der Waals surface area (Å²) in [7, 11) is 0. The second kappa shape index (κ2) is 5.53. The van der Waals surface area contributed by atoms with Crippen molar-refractivity contribution < 1.29 is 4.55 Å². The van der Waals surface area contributed by atoms with Crippen LogP contribution in [0.15, 0.2) is 28.7 Å². The molecule has 1 fully saturated rings. The molecule has 2 nitrogen and oxygen atoms in total. The highest BCUT2D eigenvalue weighted by Gasteiger charge is 2.40. The van der Waals surface area contributed by atoms with Gasteiger partial charge in [-0.15, -0.1) is 4.31 Å². The standard InChI is InChI=1S/C14H20BrNOS/c1-14(2,3)18(17)16-10-4-5-13(16)11-6-8-12(15)9-7-11/h6-9,13H,4-5,10H2,1-3H3/t13?,18-/m0/s1. The number of benzene rings is 1. The summed E-state index contributed by atoms with van der Waals surface area (Å²) in [5, 5.41) is 0. The molecule has 1 saturated heterocycles. The number of hydrogen-bond donors (Lipinski definition) is 0. The molecule has 0 spiro atoms. The van der Waals surface area contributed by atoms with E-state index >= 15 is 0 Å². The van der Waals surface area contributed by atoms with Crippen LogP contribution in [0.4, 0.5) is 0 Å². The summed E-state index contributed by atoms with van der Waals surface area (Å²) in [6.45, 7) is 7.06. The van der Waals surface area contributed by atoms with Crippen molar-refractivity contribution in [1.82, 2.24) is 4.31 Å². The molecule has 0 saturated carbocycles. The smallest absolute Gasteiger partial charge is 0.137 e. The van der Waals surface area contributed by atoms with Crippen molar-refractivity contribution in [1.29, 1.82) is 0 Å². The van der Waals surface area contributed by atoms with E-state index in [0.29, 0.717) is 6.04 Å². The lowest BCUT2D eigenvalue weighted by Crippen LogP contribution is -2.42. The van der Waals surface area contributed by atoms with Crippen LogP contribution in [0.25, 0.3) is 0 Å². The minimum absolute atomic E-state index is 0.183. The Kier molecular flexibility index (Phi) is 4.42. The van der Waals surface area contributed by atoms with Gasteiger partial charge in [0.05, 0.1) is 6.04 Å². The molecule has 0 aromatic heterocycles. The molecule has 0 radical (unpaired) electrons. The summed E-state index contributed by atoms with van der Waals surface area (Å²) < 4.78 is 15.6. The molecule has 0 bridgehead atoms. The van der Waals surface area contributed by atoms with E-state index in [1.54, 1.807) is 0 Å². The molecule has 1 unspecified atom stereocenters. The van der Waals surface area contributed by atoms with E-state index in [4.69, 9.17) is 0 Å². The van der Waals surface area contributed by atoms with Gasteiger partial charge in [0.15, 0.2) is 0 Å². The molecule has 1 heterocycles. The van der Waals surface area contributed by atoms with E-state index in [9.17, 15) is 4.55 Å². The Hall–Kier alpha value is -0.0300. The van der Waals surface area contributed by atoms with Crippen molar-refractivity contribution in [2.75, 3.05) is 6.54 Å². The summed E-state index contributed by atoms with van der Waals surface area (Å²) in [6, 6.07) is 8.69. The zero-order valence-corrected chi connectivity index (χ0v) is 13.6. The maximum atomic E-state index is 12.5. The molecule has 1 aliphatic rings. The molecule has 1 aromatic rings. The van der Waals surface area contributed by atoms with E-state index < -0.39 is 11.4 Å². The zero-order valence-electron chi connectivity index (χ0n) is 11.1. The first kappa shape index (κ1) is 14.4. The van der Waals surface area contributed by atoms with Crippen molar-refractivity contribution >= 4 is 27.3 Å². The topological polar surface area (TPSA) is 26.3 Å². The largest absolute Gasteiger partial charge is 0.597 e. The fourth-order valence-electron chi connectivity index (χ4n) is 2.31. The van der Waals surface area contributed by atoms with Gasteiger partial charge in [0.2, 0.25) is 0 Å². The monoisotopic (exact) mass is 329 g/mol. The van der Waals surface area contributed by atoms with Crippen LogP contribution in [0.5, 0.6) is 0 Å². The van der Waals surface area contributed by atoms with E-state index in [-0.39, 0.29) is 4.75 Å². The predicted octanol–water partition coefficient (Wildman–Crippen LogP) is 4.05. The molecule has 1 aliphatic heterocycles. The van der Waals surface area contributed by atoms with Gasteiger partial charge >= 0.3 is 0 Å². The van der Waals surface area contributed by atoms with Crippen LogP contribution >= 0.6 is 15.9 Å². The van der Waals surface area contributed by atoms with Crippen molar-refractivity contribution in [2.45, 2.75) is 44.4 Å². The molecule has 2 atom stereocenters. The Morgan fingerprint density at radius 3 is 2.44 bits per heavy atom. The van der Waals surface area contributed by atoms with Crippen molar-refractivity contribution in [3.05, 3.63) is 34.3 Å². The lowest BCUT2D eigenvalue weighted by molar-refractivity contribution is 0.380. The van der Waals surface area contributed by atoms with Crippen LogP contribution in [0.3, 0.4) is 0 Å². The Bertz CT molecular complexity index is 401. The zero-order chi connectivity index (χ0) is 13.3. The van der Waals surface area contributed by atoms with Gasteiger partial charge in [-0.25, -0.2) is 0 Å². The van der Waals surface area contributed by atoms with E-state index in [1.165, 1.54) is 5.56 Å². The third-order valence-corrected chi connectivity index (χ3v) is 5.63. The molecular weight excluding hydrogens is 310 g/mol. The van der Waals surface area contributed by atoms with Crippen LogP contribution in [0.2, 0.25) is 0 Å². The molecule has 2 rings (SSSR count). The molecular formula is C14H20BrNOS. The van der Waals surface area contributed by atoms with Gasteiger partial charge < -0.3 is 4.55 Å². The number of hydrogen-bond acceptors (Lipinski definition) is 2. The Morgan fingerprint density at radius 1 is 1.28 bits per heavy atom. The van der Waals surface area contributed by atoms with Gasteiger partial charge in [-0.3, -0.25) is 0 Å². The van der Waals surface area contributed by atoms with Gasteiger partial charge in [-0.1, -0.05) is 28.1 Å².